The van der Waals surface area contributed by atoms with Crippen LogP contribution >= 0.6 is 0 Å². The Hall–Kier alpha value is -5.62. The molecule has 0 spiro atoms. The second-order valence-electron chi connectivity index (χ2n) is 11.2. The molecule has 6 rings (SSSR count). The number of nitrogens with zero attached hydrogens (tertiary/aromatic N) is 2. The van der Waals surface area contributed by atoms with E-state index in [1.165, 1.54) is 24.3 Å². The predicted molar refractivity (Wildman–Crippen MR) is 193 cm³/mol. The van der Waals surface area contributed by atoms with Crippen LogP contribution in [0, 0.1) is 10.1 Å². The van der Waals surface area contributed by atoms with E-state index in [0.29, 0.717) is 5.56 Å². The van der Waals surface area contributed by atoms with E-state index in [2.05, 4.69) is 15.8 Å². The number of pyridine rings is 1. The van der Waals surface area contributed by atoms with Crippen LogP contribution in [0.15, 0.2) is 139 Å². The number of nitro groups is 1. The average molecular weight is 692 g/mol. The molecule has 0 unspecified atom stereocenters. The first kappa shape index (κ1) is 35.7. The van der Waals surface area contributed by atoms with E-state index in [9.17, 15) is 18.5 Å². The Morgan fingerprint density at radius 2 is 1.28 bits per heavy atom. The van der Waals surface area contributed by atoms with Crippen molar-refractivity contribution in [3.63, 3.8) is 0 Å². The summed E-state index contributed by atoms with van der Waals surface area (Å²) in [7, 11) is 0.00608. The van der Waals surface area contributed by atoms with Crippen LogP contribution in [0.25, 0.3) is 10.8 Å². The first-order valence-electron chi connectivity index (χ1n) is 15.7. The Bertz CT molecular complexity index is 2120. The maximum Gasteiger partial charge on any atom is 0.289 e. The van der Waals surface area contributed by atoms with Crippen molar-refractivity contribution in [2.75, 3.05) is 21.3 Å². The summed E-state index contributed by atoms with van der Waals surface area (Å²) >= 11 is 0. The monoisotopic (exact) mass is 691 g/mol. The van der Waals surface area contributed by atoms with Crippen molar-refractivity contribution in [2.45, 2.75) is 23.3 Å². The van der Waals surface area contributed by atoms with Crippen LogP contribution in [-0.4, -0.2) is 44.8 Å². The Balaban J connectivity index is 0.00000239. The van der Waals surface area contributed by atoms with Gasteiger partial charge in [-0.1, -0.05) is 84.9 Å². The highest BCUT2D eigenvalue weighted by molar-refractivity contribution is 7.89. The van der Waals surface area contributed by atoms with E-state index < -0.39 is 25.5 Å². The van der Waals surface area contributed by atoms with Crippen LogP contribution in [0.1, 0.15) is 39.7 Å². The van der Waals surface area contributed by atoms with Gasteiger partial charge in [-0.2, -0.15) is 0 Å². The molecule has 0 bridgehead atoms. The lowest BCUT2D eigenvalue weighted by Crippen LogP contribution is -2.25. The second kappa shape index (κ2) is 16.2. The fourth-order valence-electron chi connectivity index (χ4n) is 6.20. The zero-order valence-corrected chi connectivity index (χ0v) is 28.6. The molecule has 50 heavy (non-hydrogen) atoms. The molecule has 5 aromatic carbocycles. The lowest BCUT2D eigenvalue weighted by molar-refractivity contribution is -0.387. The fourth-order valence-corrected chi connectivity index (χ4v) is 7.38. The smallest absolute Gasteiger partial charge is 0.289 e. The molecule has 0 aliphatic carbocycles. The summed E-state index contributed by atoms with van der Waals surface area (Å²) in [6.45, 7) is -0.100. The summed E-state index contributed by atoms with van der Waals surface area (Å²) in [6.07, 6.45) is 3.71. The molecule has 0 fully saturated rings. The third-order valence-electron chi connectivity index (χ3n) is 8.51. The minimum atomic E-state index is -4.25. The standard InChI is InChI=1S/C38H33N3O6S.CH4O/c1-46-30-19-15-26(16-20-30)37(27-17-21-31(47-2)22-18-27)38(34-25-39-23-28-9-3-5-11-32(28)34)33-12-6-4-10-29(33)24-40-48(44,45)36-14-8-7-13-35(36)41(42)43;1-2/h3-23,25,37-38,40H,24H2,1-2H3;2H,1H3/t38-;/m1./s1. The van der Waals surface area contributed by atoms with Gasteiger partial charge in [-0.05, 0) is 63.5 Å². The number of fused-ring (bicyclic) bond motifs is 1. The normalized spacial score (nSPS) is 11.8. The van der Waals surface area contributed by atoms with Gasteiger partial charge in [0.2, 0.25) is 10.0 Å². The van der Waals surface area contributed by atoms with E-state index in [1.54, 1.807) is 14.2 Å². The molecule has 256 valence electrons. The molecule has 6 aromatic rings. The van der Waals surface area contributed by atoms with Crippen molar-refractivity contribution >= 4 is 26.5 Å². The van der Waals surface area contributed by atoms with E-state index in [4.69, 9.17) is 14.6 Å². The van der Waals surface area contributed by atoms with Crippen LogP contribution in [-0.2, 0) is 16.6 Å². The molecule has 0 saturated heterocycles. The zero-order valence-electron chi connectivity index (χ0n) is 27.8. The number of benzene rings is 5. The summed E-state index contributed by atoms with van der Waals surface area (Å²) < 4.78 is 40.6. The lowest BCUT2D eigenvalue weighted by Gasteiger charge is -2.31. The lowest BCUT2D eigenvalue weighted by atomic mass is 9.72. The highest BCUT2D eigenvalue weighted by Crippen LogP contribution is 2.46. The van der Waals surface area contributed by atoms with Crippen molar-refractivity contribution in [2.24, 2.45) is 0 Å². The molecule has 1 aromatic heterocycles. The molecule has 2 N–H and O–H groups in total. The number of nitro benzene ring substituents is 1. The van der Waals surface area contributed by atoms with Gasteiger partial charge in [0, 0.05) is 49.3 Å². The van der Waals surface area contributed by atoms with E-state index in [1.807, 2.05) is 103 Å². The van der Waals surface area contributed by atoms with Crippen molar-refractivity contribution < 1.29 is 27.9 Å². The highest BCUT2D eigenvalue weighted by atomic mass is 32.2. The largest absolute Gasteiger partial charge is 0.497 e. The average Bonchev–Trinajstić information content (AvgIpc) is 3.17. The summed E-state index contributed by atoms with van der Waals surface area (Å²) in [5, 5.41) is 20.7. The molecule has 1 heterocycles. The maximum atomic E-state index is 13.5. The SMILES string of the molecule is CO.COc1ccc(C(c2ccc(OC)cc2)[C@H](c2ccccc2CNS(=O)(=O)c2ccccc2[N+](=O)[O-])c2cncc3ccccc23)cc1. The van der Waals surface area contributed by atoms with E-state index >= 15 is 0 Å². The molecule has 1 atom stereocenters. The molecule has 0 saturated carbocycles. The third-order valence-corrected chi connectivity index (χ3v) is 9.96. The number of hydrogen-bond acceptors (Lipinski definition) is 8. The molecular formula is C39H37N3O7S. The van der Waals surface area contributed by atoms with Crippen LogP contribution < -0.4 is 14.2 Å². The van der Waals surface area contributed by atoms with Gasteiger partial charge in [0.05, 0.1) is 19.1 Å². The first-order chi connectivity index (χ1) is 24.3. The van der Waals surface area contributed by atoms with Gasteiger partial charge in [-0.3, -0.25) is 15.1 Å². The number of hydrogen-bond donors (Lipinski definition) is 2. The summed E-state index contributed by atoms with van der Waals surface area (Å²) in [5.74, 6) is 0.834. The van der Waals surface area contributed by atoms with E-state index in [-0.39, 0.29) is 18.4 Å². The molecule has 0 amide bonds. The Morgan fingerprint density at radius 3 is 1.90 bits per heavy atom. The van der Waals surface area contributed by atoms with Gasteiger partial charge in [-0.15, -0.1) is 0 Å². The fraction of sp³-hybridized carbons (Fsp3) is 0.154. The molecule has 0 aliphatic heterocycles. The number of nitrogens with one attached hydrogen (secondary N) is 1. The van der Waals surface area contributed by atoms with E-state index in [0.717, 1.165) is 51.6 Å². The quantitative estimate of drug-likeness (QED) is 0.101. The van der Waals surface area contributed by atoms with Gasteiger partial charge in [0.1, 0.15) is 11.5 Å². The highest BCUT2D eigenvalue weighted by Gasteiger charge is 2.32. The second-order valence-corrected chi connectivity index (χ2v) is 12.9. The molecule has 0 aliphatic rings. The number of aliphatic hydroxyl groups is 1. The van der Waals surface area contributed by atoms with Crippen molar-refractivity contribution in [3.8, 4) is 11.5 Å². The van der Waals surface area contributed by atoms with Crippen LogP contribution in [0.4, 0.5) is 5.69 Å². The Morgan fingerprint density at radius 1 is 0.720 bits per heavy atom. The van der Waals surface area contributed by atoms with Gasteiger partial charge in [-0.25, -0.2) is 13.1 Å². The minimum Gasteiger partial charge on any atom is -0.497 e. The van der Waals surface area contributed by atoms with Crippen molar-refractivity contribution in [1.82, 2.24) is 9.71 Å². The first-order valence-corrected chi connectivity index (χ1v) is 17.1. The number of methoxy groups -OCH3 is 2. The third kappa shape index (κ3) is 7.65. The summed E-state index contributed by atoms with van der Waals surface area (Å²) in [5.41, 5.74) is 4.07. The predicted octanol–water partition coefficient (Wildman–Crippen LogP) is 7.21. The number of sulfonamides is 1. The van der Waals surface area contributed by atoms with Crippen molar-refractivity contribution in [1.29, 1.82) is 0 Å². The Kier molecular flexibility index (Phi) is 11.6. The number of para-hydroxylation sites is 1. The summed E-state index contributed by atoms with van der Waals surface area (Å²) in [4.78, 5) is 15.2. The zero-order chi connectivity index (χ0) is 35.7. The molecule has 10 nitrogen and oxygen atoms in total. The van der Waals surface area contributed by atoms with Gasteiger partial charge >= 0.3 is 0 Å². The van der Waals surface area contributed by atoms with Gasteiger partial charge in [0.15, 0.2) is 4.90 Å². The summed E-state index contributed by atoms with van der Waals surface area (Å²) in [6, 6.07) is 36.9. The molecule has 11 heteroatoms. The number of ether oxygens (including phenoxy) is 2. The Labute approximate surface area is 291 Å². The van der Waals surface area contributed by atoms with Crippen LogP contribution in [0.2, 0.25) is 0 Å². The molecule has 0 radical (unpaired) electrons. The number of aromatic nitrogens is 1. The number of aliphatic hydroxyl groups excluding tert-OH is 1. The molecular weight excluding hydrogens is 655 g/mol. The maximum absolute atomic E-state index is 13.5. The van der Waals surface area contributed by atoms with Crippen molar-refractivity contribution in [3.05, 3.63) is 172 Å². The number of rotatable bonds is 12. The van der Waals surface area contributed by atoms with Gasteiger partial charge < -0.3 is 14.6 Å². The van der Waals surface area contributed by atoms with Gasteiger partial charge in [0.25, 0.3) is 5.69 Å². The topological polar surface area (TPSA) is 141 Å². The minimum absolute atomic E-state index is 0.100. The van der Waals surface area contributed by atoms with Crippen LogP contribution in [0.3, 0.4) is 0 Å². The van der Waals surface area contributed by atoms with Crippen LogP contribution in [0.5, 0.6) is 11.5 Å².